The second kappa shape index (κ2) is 5.72. The predicted molar refractivity (Wildman–Crippen MR) is 86.6 cm³/mol. The number of nitrogens with one attached hydrogen (secondary N) is 1. The van der Waals surface area contributed by atoms with Crippen molar-refractivity contribution in [2.75, 3.05) is 19.6 Å². The van der Waals surface area contributed by atoms with Crippen LogP contribution in [0.15, 0.2) is 10.9 Å². The maximum atomic E-state index is 12.8. The van der Waals surface area contributed by atoms with Crippen LogP contribution in [0, 0.1) is 5.92 Å². The second-order valence-corrected chi connectivity index (χ2v) is 7.18. The van der Waals surface area contributed by atoms with Gasteiger partial charge in [0.25, 0.3) is 11.5 Å². The summed E-state index contributed by atoms with van der Waals surface area (Å²) < 4.78 is 0. The number of H-pyrrole nitrogens is 1. The Morgan fingerprint density at radius 3 is 2.75 bits per heavy atom. The number of rotatable bonds is 2. The van der Waals surface area contributed by atoms with Gasteiger partial charge in [0.1, 0.15) is 11.5 Å². The molecule has 2 atom stereocenters. The number of aromatic amines is 1. The van der Waals surface area contributed by atoms with Crippen molar-refractivity contribution >= 4 is 11.8 Å². The van der Waals surface area contributed by atoms with Crippen LogP contribution in [-0.4, -0.2) is 57.3 Å². The number of aromatic nitrogens is 2. The molecule has 0 unspecified atom stereocenters. The highest BCUT2D eigenvalue weighted by Gasteiger charge is 2.42. The molecule has 3 aliphatic rings. The molecule has 1 aromatic heterocycles. The summed E-state index contributed by atoms with van der Waals surface area (Å²) >= 11 is 0. The first-order valence-electron chi connectivity index (χ1n) is 8.70. The van der Waals surface area contributed by atoms with Gasteiger partial charge in [-0.05, 0) is 31.6 Å². The molecule has 0 aromatic carbocycles. The van der Waals surface area contributed by atoms with Gasteiger partial charge < -0.3 is 14.8 Å². The van der Waals surface area contributed by atoms with Crippen molar-refractivity contribution in [3.63, 3.8) is 0 Å². The first kappa shape index (κ1) is 15.4. The van der Waals surface area contributed by atoms with Crippen molar-refractivity contribution in [2.24, 2.45) is 5.92 Å². The predicted octanol–water partition coefficient (Wildman–Crippen LogP) is 0.730. The quantitative estimate of drug-likeness (QED) is 0.866. The number of hydrogen-bond donors (Lipinski definition) is 1. The summed E-state index contributed by atoms with van der Waals surface area (Å²) in [6.45, 7) is 3.54. The molecule has 2 saturated heterocycles. The summed E-state index contributed by atoms with van der Waals surface area (Å²) in [5.41, 5.74) is -0.0362. The van der Waals surface area contributed by atoms with Crippen molar-refractivity contribution in [2.45, 2.75) is 44.6 Å². The van der Waals surface area contributed by atoms with E-state index in [1.807, 2.05) is 4.90 Å². The van der Waals surface area contributed by atoms with E-state index in [-0.39, 0.29) is 29.1 Å². The lowest BCUT2D eigenvalue weighted by Gasteiger charge is -2.36. The zero-order valence-electron chi connectivity index (χ0n) is 13.8. The third kappa shape index (κ3) is 2.72. The fourth-order valence-corrected chi connectivity index (χ4v) is 4.04. The summed E-state index contributed by atoms with van der Waals surface area (Å²) in [4.78, 5) is 47.3. The normalized spacial score (nSPS) is 26.4. The van der Waals surface area contributed by atoms with Gasteiger partial charge in [-0.15, -0.1) is 0 Å². The van der Waals surface area contributed by atoms with Crippen molar-refractivity contribution in [1.29, 1.82) is 0 Å². The molecule has 1 N–H and O–H groups in total. The van der Waals surface area contributed by atoms with E-state index in [4.69, 9.17) is 0 Å². The minimum absolute atomic E-state index is 0.0734. The van der Waals surface area contributed by atoms with E-state index in [9.17, 15) is 14.4 Å². The highest BCUT2D eigenvalue weighted by molar-refractivity contribution is 5.92. The number of carbonyl (C=O) groups excluding carboxylic acids is 2. The molecule has 0 bridgehead atoms. The van der Waals surface area contributed by atoms with Gasteiger partial charge in [0.05, 0.1) is 6.04 Å². The van der Waals surface area contributed by atoms with Gasteiger partial charge >= 0.3 is 0 Å². The average molecular weight is 330 g/mol. The van der Waals surface area contributed by atoms with E-state index in [1.54, 1.807) is 11.8 Å². The van der Waals surface area contributed by atoms with Crippen LogP contribution in [0.25, 0.3) is 0 Å². The Kier molecular flexibility index (Phi) is 3.66. The molecule has 2 aliphatic heterocycles. The molecule has 0 radical (unpaired) electrons. The summed E-state index contributed by atoms with van der Waals surface area (Å²) in [6, 6.07) is 1.39. The van der Waals surface area contributed by atoms with Crippen LogP contribution in [0.1, 0.15) is 54.8 Å². The van der Waals surface area contributed by atoms with Gasteiger partial charge in [0, 0.05) is 38.5 Å². The molecule has 2 amide bonds. The molecular weight excluding hydrogens is 308 g/mol. The first-order valence-corrected chi connectivity index (χ1v) is 8.70. The third-order valence-electron chi connectivity index (χ3n) is 5.42. The van der Waals surface area contributed by atoms with Gasteiger partial charge in [0.2, 0.25) is 5.91 Å². The van der Waals surface area contributed by atoms with Crippen LogP contribution in [0.5, 0.6) is 0 Å². The molecule has 1 aromatic rings. The SMILES string of the molecule is CC(=O)N1CCC[C@H]2CN(C(=O)c3cc(=O)[nH]c(C4CC4)n3)C[C@H]21. The van der Waals surface area contributed by atoms with Crippen LogP contribution in [0.4, 0.5) is 0 Å². The zero-order valence-corrected chi connectivity index (χ0v) is 13.8. The van der Waals surface area contributed by atoms with E-state index in [0.717, 1.165) is 32.2 Å². The lowest BCUT2D eigenvalue weighted by Crippen LogP contribution is -2.47. The Morgan fingerprint density at radius 2 is 2.04 bits per heavy atom. The smallest absolute Gasteiger partial charge is 0.272 e. The fraction of sp³-hybridized carbons (Fsp3) is 0.647. The van der Waals surface area contributed by atoms with Crippen LogP contribution in [0.3, 0.4) is 0 Å². The Balaban J connectivity index is 1.55. The average Bonchev–Trinajstić information content (AvgIpc) is 3.31. The van der Waals surface area contributed by atoms with Crippen LogP contribution >= 0.6 is 0 Å². The van der Waals surface area contributed by atoms with Gasteiger partial charge in [-0.1, -0.05) is 0 Å². The number of amides is 2. The van der Waals surface area contributed by atoms with Crippen molar-refractivity contribution in [1.82, 2.24) is 19.8 Å². The van der Waals surface area contributed by atoms with E-state index in [1.165, 1.54) is 6.07 Å². The molecule has 0 spiro atoms. The van der Waals surface area contributed by atoms with Crippen molar-refractivity contribution in [3.05, 3.63) is 27.9 Å². The molecule has 7 heteroatoms. The Hall–Kier alpha value is -2.18. The van der Waals surface area contributed by atoms with Crippen molar-refractivity contribution < 1.29 is 9.59 Å². The molecule has 7 nitrogen and oxygen atoms in total. The number of fused-ring (bicyclic) bond motifs is 1. The number of hydrogen-bond acceptors (Lipinski definition) is 4. The number of likely N-dealkylation sites (tertiary alicyclic amines) is 2. The molecule has 1 aliphatic carbocycles. The highest BCUT2D eigenvalue weighted by atomic mass is 16.2. The van der Waals surface area contributed by atoms with E-state index in [2.05, 4.69) is 9.97 Å². The van der Waals surface area contributed by atoms with Crippen LogP contribution in [-0.2, 0) is 4.79 Å². The molecule has 3 heterocycles. The number of nitrogens with zero attached hydrogens (tertiary/aromatic N) is 3. The molecular formula is C17H22N4O3. The Bertz CT molecular complexity index is 740. The minimum Gasteiger partial charge on any atom is -0.338 e. The molecule has 4 rings (SSSR count). The topological polar surface area (TPSA) is 86.4 Å². The molecule has 3 fully saturated rings. The number of piperidine rings is 1. The van der Waals surface area contributed by atoms with E-state index in [0.29, 0.717) is 30.7 Å². The maximum absolute atomic E-state index is 12.8. The van der Waals surface area contributed by atoms with Gasteiger partial charge in [0.15, 0.2) is 0 Å². The Labute approximate surface area is 140 Å². The summed E-state index contributed by atoms with van der Waals surface area (Å²) in [5.74, 6) is 1.13. The Morgan fingerprint density at radius 1 is 1.25 bits per heavy atom. The van der Waals surface area contributed by atoms with Gasteiger partial charge in [-0.2, -0.15) is 0 Å². The van der Waals surface area contributed by atoms with Crippen LogP contribution < -0.4 is 5.56 Å². The second-order valence-electron chi connectivity index (χ2n) is 7.18. The van der Waals surface area contributed by atoms with E-state index < -0.39 is 0 Å². The largest absolute Gasteiger partial charge is 0.338 e. The minimum atomic E-state index is -0.266. The lowest BCUT2D eigenvalue weighted by atomic mass is 9.92. The summed E-state index contributed by atoms with van der Waals surface area (Å²) in [5, 5.41) is 0. The monoisotopic (exact) mass is 330 g/mol. The van der Waals surface area contributed by atoms with Gasteiger partial charge in [-0.25, -0.2) is 4.98 Å². The zero-order chi connectivity index (χ0) is 16.8. The van der Waals surface area contributed by atoms with Gasteiger partial charge in [-0.3, -0.25) is 14.4 Å². The summed E-state index contributed by atoms with van der Waals surface area (Å²) in [6.07, 6.45) is 4.05. The van der Waals surface area contributed by atoms with Crippen LogP contribution in [0.2, 0.25) is 0 Å². The standard InChI is InChI=1S/C17H22N4O3/c1-10(22)21-6-2-3-12-8-20(9-14(12)21)17(24)13-7-15(23)19-16(18-13)11-4-5-11/h7,11-12,14H,2-6,8-9H2,1H3,(H,18,19,23)/t12-,14+/m0/s1. The fourth-order valence-electron chi connectivity index (χ4n) is 4.04. The number of carbonyl (C=O) groups is 2. The summed E-state index contributed by atoms with van der Waals surface area (Å²) in [7, 11) is 0. The first-order chi connectivity index (χ1) is 11.5. The highest BCUT2D eigenvalue weighted by Crippen LogP contribution is 2.37. The third-order valence-corrected chi connectivity index (χ3v) is 5.42. The van der Waals surface area contributed by atoms with E-state index >= 15 is 0 Å². The maximum Gasteiger partial charge on any atom is 0.272 e. The molecule has 1 saturated carbocycles. The molecule has 128 valence electrons. The molecule has 24 heavy (non-hydrogen) atoms. The lowest BCUT2D eigenvalue weighted by molar-refractivity contribution is -0.133. The van der Waals surface area contributed by atoms with Crippen molar-refractivity contribution in [3.8, 4) is 0 Å².